The summed E-state index contributed by atoms with van der Waals surface area (Å²) in [5, 5.41) is 8.32. The van der Waals surface area contributed by atoms with Crippen LogP contribution in [0.25, 0.3) is 0 Å². The maximum absolute atomic E-state index is 8.32. The number of ether oxygens (including phenoxy) is 2. The molecule has 0 aliphatic carbocycles. The van der Waals surface area contributed by atoms with Gasteiger partial charge >= 0.3 is 0 Å². The van der Waals surface area contributed by atoms with Crippen LogP contribution in [0.4, 0.5) is 0 Å². The third-order valence-corrected chi connectivity index (χ3v) is 1.40. The lowest BCUT2D eigenvalue weighted by Gasteiger charge is -2.21. The molecule has 0 spiro atoms. The molecule has 9 heavy (non-hydrogen) atoms. The zero-order valence-corrected chi connectivity index (χ0v) is 5.38. The molecule has 1 unspecified atom stereocenters. The molecule has 0 radical (unpaired) electrons. The van der Waals surface area contributed by atoms with E-state index in [0.29, 0.717) is 0 Å². The molecule has 1 aliphatic rings. The molecule has 3 heteroatoms. The minimum Gasteiger partial charge on any atom is -0.371 e. The lowest BCUT2D eigenvalue weighted by molar-refractivity contribution is -0.196. The molecular weight excluding hydrogens is 120 g/mol. The van der Waals surface area contributed by atoms with Crippen LogP contribution in [0.5, 0.6) is 0 Å². The Morgan fingerprint density at radius 3 is 3.00 bits per heavy atom. The van der Waals surface area contributed by atoms with Crippen LogP contribution in [0.1, 0.15) is 19.3 Å². The molecule has 1 heterocycles. The number of aliphatic hydroxyl groups is 1. The fraction of sp³-hybridized carbons (Fsp3) is 1.00. The normalized spacial score (nSPS) is 28.3. The van der Waals surface area contributed by atoms with Gasteiger partial charge in [-0.2, -0.15) is 0 Å². The van der Waals surface area contributed by atoms with Crippen LogP contribution in [0.15, 0.2) is 0 Å². The molecule has 0 aromatic heterocycles. The van der Waals surface area contributed by atoms with Crippen LogP contribution in [-0.4, -0.2) is 24.8 Å². The van der Waals surface area contributed by atoms with E-state index in [-0.39, 0.29) is 13.1 Å². The summed E-state index contributed by atoms with van der Waals surface area (Å²) in [6, 6.07) is 0. The zero-order valence-electron chi connectivity index (χ0n) is 5.38. The van der Waals surface area contributed by atoms with Crippen molar-refractivity contribution in [3.63, 3.8) is 0 Å². The summed E-state index contributed by atoms with van der Waals surface area (Å²) in [7, 11) is 0. The molecule has 1 atom stereocenters. The van der Waals surface area contributed by atoms with Crippen LogP contribution in [0.2, 0.25) is 0 Å². The molecule has 1 aliphatic heterocycles. The Morgan fingerprint density at radius 1 is 1.56 bits per heavy atom. The van der Waals surface area contributed by atoms with Crippen molar-refractivity contribution in [1.82, 2.24) is 0 Å². The van der Waals surface area contributed by atoms with E-state index in [4.69, 9.17) is 14.6 Å². The molecule has 1 saturated heterocycles. The number of hydrogen-bond donors (Lipinski definition) is 1. The van der Waals surface area contributed by atoms with E-state index in [1.54, 1.807) is 0 Å². The molecular formula is C6H12O3. The van der Waals surface area contributed by atoms with E-state index in [1.807, 2.05) is 0 Å². The lowest BCUT2D eigenvalue weighted by atomic mass is 10.2. The molecule has 1 rings (SSSR count). The summed E-state index contributed by atoms with van der Waals surface area (Å²) < 4.78 is 9.95. The molecule has 0 aromatic carbocycles. The van der Waals surface area contributed by atoms with Gasteiger partial charge in [-0.3, -0.25) is 0 Å². The van der Waals surface area contributed by atoms with Gasteiger partial charge in [0.05, 0.1) is 0 Å². The minimum absolute atomic E-state index is 0.149. The number of hydrogen-bond acceptors (Lipinski definition) is 3. The second-order valence-electron chi connectivity index (χ2n) is 2.09. The smallest absolute Gasteiger partial charge is 0.160 e. The summed E-state index contributed by atoms with van der Waals surface area (Å²) in [6.45, 7) is 0.537. The first-order valence-corrected chi connectivity index (χ1v) is 3.27. The second-order valence-corrected chi connectivity index (χ2v) is 2.09. The van der Waals surface area contributed by atoms with Gasteiger partial charge in [-0.15, -0.1) is 0 Å². The van der Waals surface area contributed by atoms with Crippen LogP contribution >= 0.6 is 0 Å². The summed E-state index contributed by atoms with van der Waals surface area (Å²) >= 11 is 0. The first kappa shape index (κ1) is 6.99. The Morgan fingerprint density at radius 2 is 2.44 bits per heavy atom. The van der Waals surface area contributed by atoms with E-state index in [2.05, 4.69) is 0 Å². The zero-order chi connectivity index (χ0) is 6.53. The summed E-state index contributed by atoms with van der Waals surface area (Å²) in [6.07, 6.45) is 3.03. The first-order chi connectivity index (χ1) is 4.43. The maximum atomic E-state index is 8.32. The van der Waals surface area contributed by atoms with E-state index >= 15 is 0 Å². The van der Waals surface area contributed by atoms with E-state index < -0.39 is 0 Å². The first-order valence-electron chi connectivity index (χ1n) is 3.27. The predicted octanol–water partition coefficient (Wildman–Crippen LogP) is 0.479. The van der Waals surface area contributed by atoms with Crippen molar-refractivity contribution >= 4 is 0 Å². The SMILES string of the molecule is OCOC1CCCCO1. The van der Waals surface area contributed by atoms with Crippen LogP contribution in [0.3, 0.4) is 0 Å². The van der Waals surface area contributed by atoms with Gasteiger partial charge in [0.15, 0.2) is 6.29 Å². The molecule has 0 bridgehead atoms. The topological polar surface area (TPSA) is 38.7 Å². The Balaban J connectivity index is 2.08. The largest absolute Gasteiger partial charge is 0.371 e. The van der Waals surface area contributed by atoms with Crippen LogP contribution < -0.4 is 0 Å². The minimum atomic E-state index is -0.231. The molecule has 1 fully saturated rings. The van der Waals surface area contributed by atoms with Gasteiger partial charge in [0, 0.05) is 6.61 Å². The van der Waals surface area contributed by atoms with E-state index in [1.165, 1.54) is 0 Å². The molecule has 54 valence electrons. The van der Waals surface area contributed by atoms with Crippen molar-refractivity contribution in [1.29, 1.82) is 0 Å². The van der Waals surface area contributed by atoms with Gasteiger partial charge in [-0.05, 0) is 19.3 Å². The number of aliphatic hydroxyl groups excluding tert-OH is 1. The van der Waals surface area contributed by atoms with Crippen molar-refractivity contribution in [2.45, 2.75) is 25.6 Å². The second kappa shape index (κ2) is 3.82. The van der Waals surface area contributed by atoms with Crippen molar-refractivity contribution in [2.24, 2.45) is 0 Å². The van der Waals surface area contributed by atoms with Gasteiger partial charge in [-0.1, -0.05) is 0 Å². The average molecular weight is 132 g/mol. The lowest BCUT2D eigenvalue weighted by Crippen LogP contribution is -2.22. The fourth-order valence-corrected chi connectivity index (χ4v) is 0.926. The summed E-state index contributed by atoms with van der Waals surface area (Å²) in [5.74, 6) is 0. The molecule has 0 saturated carbocycles. The van der Waals surface area contributed by atoms with E-state index in [9.17, 15) is 0 Å². The maximum Gasteiger partial charge on any atom is 0.160 e. The summed E-state index contributed by atoms with van der Waals surface area (Å²) in [5.41, 5.74) is 0. The monoisotopic (exact) mass is 132 g/mol. The number of rotatable bonds is 2. The highest BCUT2D eigenvalue weighted by Gasteiger charge is 2.12. The summed E-state index contributed by atoms with van der Waals surface area (Å²) in [4.78, 5) is 0. The average Bonchev–Trinajstić information content (AvgIpc) is 1.91. The highest BCUT2D eigenvalue weighted by molar-refractivity contribution is 4.52. The Labute approximate surface area is 54.6 Å². The van der Waals surface area contributed by atoms with Crippen LogP contribution in [0, 0.1) is 0 Å². The van der Waals surface area contributed by atoms with Crippen molar-refractivity contribution in [3.8, 4) is 0 Å². The fourth-order valence-electron chi connectivity index (χ4n) is 0.926. The van der Waals surface area contributed by atoms with Crippen molar-refractivity contribution < 1.29 is 14.6 Å². The standard InChI is InChI=1S/C6H12O3/c7-5-9-6-3-1-2-4-8-6/h6-7H,1-5H2. The van der Waals surface area contributed by atoms with E-state index in [0.717, 1.165) is 25.9 Å². The molecule has 3 nitrogen and oxygen atoms in total. The van der Waals surface area contributed by atoms with Crippen molar-refractivity contribution in [2.75, 3.05) is 13.4 Å². The Hall–Kier alpha value is -0.120. The Bertz CT molecular complexity index is 65.9. The molecule has 1 N–H and O–H groups in total. The van der Waals surface area contributed by atoms with Crippen LogP contribution in [-0.2, 0) is 9.47 Å². The third-order valence-electron chi connectivity index (χ3n) is 1.40. The van der Waals surface area contributed by atoms with Gasteiger partial charge in [0.2, 0.25) is 0 Å². The predicted molar refractivity (Wildman–Crippen MR) is 31.8 cm³/mol. The molecule has 0 amide bonds. The molecule has 0 aromatic rings. The van der Waals surface area contributed by atoms with Gasteiger partial charge < -0.3 is 14.6 Å². The van der Waals surface area contributed by atoms with Gasteiger partial charge in [0.1, 0.15) is 6.79 Å². The van der Waals surface area contributed by atoms with Gasteiger partial charge in [-0.25, -0.2) is 0 Å². The highest BCUT2D eigenvalue weighted by atomic mass is 16.7. The van der Waals surface area contributed by atoms with Gasteiger partial charge in [0.25, 0.3) is 0 Å². The van der Waals surface area contributed by atoms with Crippen molar-refractivity contribution in [3.05, 3.63) is 0 Å². The highest BCUT2D eigenvalue weighted by Crippen LogP contribution is 2.12. The third kappa shape index (κ3) is 2.30. The Kier molecular flexibility index (Phi) is 2.97. The quantitative estimate of drug-likeness (QED) is 0.555.